The molecule has 36 heavy (non-hydrogen) atoms. The molecule has 8 nitrogen and oxygen atoms in total. The van der Waals surface area contributed by atoms with Crippen LogP contribution < -0.4 is 11.1 Å². The van der Waals surface area contributed by atoms with Gasteiger partial charge >= 0.3 is 24.2 Å². The Balaban J connectivity index is 0.000000809. The molecule has 0 spiro atoms. The fourth-order valence-electron chi connectivity index (χ4n) is 2.60. The van der Waals surface area contributed by atoms with E-state index in [0.29, 0.717) is 6.61 Å². The van der Waals surface area contributed by atoms with Crippen LogP contribution in [-0.4, -0.2) is 50.0 Å². The zero-order valence-corrected chi connectivity index (χ0v) is 21.2. The lowest BCUT2D eigenvalue weighted by Gasteiger charge is -2.24. The standard InChI is InChI=1S/C22H30N2O4Si.C2HF3O2/c1-29(2,3)15-14-27-21(25)20(19(23)18-12-8-5-9-13-18)24-22(26)28-16-17-10-6-4-7-11-17;3-2(4,5)1(6)7/h4-13,19-20H,14-16,23H2,1-3H3,(H,24,26);(H,6,7)/t19-,20+;/m1./s1. The van der Waals surface area contributed by atoms with Crippen LogP contribution in [-0.2, 0) is 25.7 Å². The number of hydrogen-bond donors (Lipinski definition) is 3. The van der Waals surface area contributed by atoms with Crippen LogP contribution in [0.3, 0.4) is 0 Å². The molecule has 0 fully saturated rings. The number of alkyl halides is 3. The average molecular weight is 529 g/mol. The van der Waals surface area contributed by atoms with E-state index in [9.17, 15) is 22.8 Å². The first-order chi connectivity index (χ1) is 16.7. The Morgan fingerprint density at radius 2 is 1.47 bits per heavy atom. The SMILES string of the molecule is C[Si](C)(C)CCOC(=O)[C@@H](NC(=O)OCc1ccccc1)[C@H](N)c1ccccc1.O=C(O)C(F)(F)F. The molecule has 0 saturated heterocycles. The quantitative estimate of drug-likeness (QED) is 0.323. The van der Waals surface area contributed by atoms with Gasteiger partial charge in [0.15, 0.2) is 0 Å². The van der Waals surface area contributed by atoms with Crippen molar-refractivity contribution in [2.45, 2.75) is 50.6 Å². The topological polar surface area (TPSA) is 128 Å². The van der Waals surface area contributed by atoms with E-state index >= 15 is 0 Å². The summed E-state index contributed by atoms with van der Waals surface area (Å²) in [5, 5.41) is 9.71. The van der Waals surface area contributed by atoms with Gasteiger partial charge in [0.1, 0.15) is 12.6 Å². The maximum absolute atomic E-state index is 12.7. The third-order valence-electron chi connectivity index (χ3n) is 4.62. The first-order valence-electron chi connectivity index (χ1n) is 10.9. The zero-order valence-electron chi connectivity index (χ0n) is 20.2. The highest BCUT2D eigenvalue weighted by Gasteiger charge is 2.38. The predicted octanol–water partition coefficient (Wildman–Crippen LogP) is 4.50. The Morgan fingerprint density at radius 3 is 1.94 bits per heavy atom. The van der Waals surface area contributed by atoms with Gasteiger partial charge in [-0.2, -0.15) is 13.2 Å². The van der Waals surface area contributed by atoms with Crippen LogP contribution in [0, 0.1) is 0 Å². The molecule has 2 aromatic carbocycles. The molecule has 12 heteroatoms. The number of rotatable bonds is 9. The zero-order chi connectivity index (χ0) is 27.4. The second-order valence-electron chi connectivity index (χ2n) is 8.90. The third-order valence-corrected chi connectivity index (χ3v) is 6.33. The molecule has 0 aliphatic carbocycles. The van der Waals surface area contributed by atoms with Gasteiger partial charge in [0.2, 0.25) is 0 Å². The molecule has 4 N–H and O–H groups in total. The lowest BCUT2D eigenvalue weighted by Crippen LogP contribution is -2.49. The third kappa shape index (κ3) is 12.4. The molecule has 2 aromatic rings. The summed E-state index contributed by atoms with van der Waals surface area (Å²) in [6.07, 6.45) is -5.80. The van der Waals surface area contributed by atoms with Crippen LogP contribution in [0.25, 0.3) is 0 Å². The summed E-state index contributed by atoms with van der Waals surface area (Å²) in [6.45, 7) is 7.02. The molecule has 0 bridgehead atoms. The average Bonchev–Trinajstić information content (AvgIpc) is 2.81. The summed E-state index contributed by atoms with van der Waals surface area (Å²) >= 11 is 0. The molecule has 2 atom stereocenters. The van der Waals surface area contributed by atoms with Crippen molar-refractivity contribution in [2.75, 3.05) is 6.61 Å². The maximum Gasteiger partial charge on any atom is 0.490 e. The van der Waals surface area contributed by atoms with Crippen molar-refractivity contribution >= 4 is 26.1 Å². The van der Waals surface area contributed by atoms with Gasteiger partial charge in [-0.3, -0.25) is 0 Å². The number of halogens is 3. The van der Waals surface area contributed by atoms with Crippen LogP contribution in [0.15, 0.2) is 60.7 Å². The van der Waals surface area contributed by atoms with Crippen molar-refractivity contribution in [2.24, 2.45) is 5.73 Å². The van der Waals surface area contributed by atoms with E-state index in [4.69, 9.17) is 25.1 Å². The van der Waals surface area contributed by atoms with E-state index in [0.717, 1.165) is 17.2 Å². The number of carboxylic acids is 1. The first-order valence-corrected chi connectivity index (χ1v) is 14.7. The second-order valence-corrected chi connectivity index (χ2v) is 14.5. The van der Waals surface area contributed by atoms with E-state index in [1.165, 1.54) is 0 Å². The fourth-order valence-corrected chi connectivity index (χ4v) is 3.32. The van der Waals surface area contributed by atoms with Crippen molar-refractivity contribution in [3.63, 3.8) is 0 Å². The van der Waals surface area contributed by atoms with Crippen LogP contribution in [0.2, 0.25) is 25.7 Å². The van der Waals surface area contributed by atoms with Gasteiger partial charge in [0, 0.05) is 8.07 Å². The molecule has 0 saturated carbocycles. The van der Waals surface area contributed by atoms with Crippen LogP contribution >= 0.6 is 0 Å². The van der Waals surface area contributed by atoms with Gasteiger partial charge in [0.25, 0.3) is 0 Å². The molecule has 198 valence electrons. The van der Waals surface area contributed by atoms with Gasteiger partial charge < -0.3 is 25.6 Å². The molecule has 2 rings (SSSR count). The summed E-state index contributed by atoms with van der Waals surface area (Å²) in [4.78, 5) is 33.9. The number of esters is 1. The lowest BCUT2D eigenvalue weighted by atomic mass is 10.0. The minimum absolute atomic E-state index is 0.102. The highest BCUT2D eigenvalue weighted by molar-refractivity contribution is 6.76. The number of carboxylic acid groups (broad SMARTS) is 1. The predicted molar refractivity (Wildman–Crippen MR) is 130 cm³/mol. The number of ether oxygens (including phenoxy) is 2. The largest absolute Gasteiger partial charge is 0.490 e. The molecule has 0 aliphatic rings. The number of nitrogens with one attached hydrogen (secondary N) is 1. The minimum Gasteiger partial charge on any atom is -0.475 e. The Labute approximate surface area is 208 Å². The number of nitrogens with two attached hydrogens (primary N) is 1. The molecular formula is C24H31F3N2O6Si. The molecular weight excluding hydrogens is 497 g/mol. The summed E-state index contributed by atoms with van der Waals surface area (Å²) in [6, 6.07) is 17.5. The van der Waals surface area contributed by atoms with Gasteiger partial charge in [-0.1, -0.05) is 80.3 Å². The summed E-state index contributed by atoms with van der Waals surface area (Å²) in [5.41, 5.74) is 7.87. The first kappa shape index (κ1) is 30.6. The molecule has 0 radical (unpaired) electrons. The summed E-state index contributed by atoms with van der Waals surface area (Å²) in [5.74, 6) is -3.32. The number of amides is 1. The van der Waals surface area contributed by atoms with Gasteiger partial charge in [-0.25, -0.2) is 14.4 Å². The molecule has 0 heterocycles. The molecule has 1 amide bonds. The molecule has 0 aliphatic heterocycles. The highest BCUT2D eigenvalue weighted by atomic mass is 28.3. The number of carbonyl (C=O) groups excluding carboxylic acids is 2. The fraction of sp³-hybridized carbons (Fsp3) is 0.375. The number of carbonyl (C=O) groups is 3. The van der Waals surface area contributed by atoms with E-state index in [1.54, 1.807) is 0 Å². The molecule has 0 unspecified atom stereocenters. The maximum atomic E-state index is 12.7. The van der Waals surface area contributed by atoms with E-state index in [-0.39, 0.29) is 6.61 Å². The van der Waals surface area contributed by atoms with Gasteiger partial charge in [-0.15, -0.1) is 0 Å². The van der Waals surface area contributed by atoms with E-state index in [1.807, 2.05) is 60.7 Å². The molecule has 0 aromatic heterocycles. The Hall–Kier alpha value is -3.38. The number of hydrogen-bond acceptors (Lipinski definition) is 6. The number of alkyl carbamates (subject to hydrolysis) is 1. The normalized spacial score (nSPS) is 12.9. The number of benzene rings is 2. The van der Waals surface area contributed by atoms with Crippen molar-refractivity contribution < 1.29 is 42.1 Å². The van der Waals surface area contributed by atoms with Gasteiger partial charge in [-0.05, 0) is 17.2 Å². The van der Waals surface area contributed by atoms with E-state index < -0.39 is 44.4 Å². The smallest absolute Gasteiger partial charge is 0.475 e. The Bertz CT molecular complexity index is 969. The highest BCUT2D eigenvalue weighted by Crippen LogP contribution is 2.17. The second kappa shape index (κ2) is 14.2. The van der Waals surface area contributed by atoms with Crippen molar-refractivity contribution in [3.05, 3.63) is 71.8 Å². The monoisotopic (exact) mass is 528 g/mol. The minimum atomic E-state index is -5.08. The van der Waals surface area contributed by atoms with Crippen molar-refractivity contribution in [3.8, 4) is 0 Å². The van der Waals surface area contributed by atoms with Crippen LogP contribution in [0.5, 0.6) is 0 Å². The van der Waals surface area contributed by atoms with Gasteiger partial charge in [0.05, 0.1) is 12.6 Å². The lowest BCUT2D eigenvalue weighted by molar-refractivity contribution is -0.192. The van der Waals surface area contributed by atoms with Crippen LogP contribution in [0.1, 0.15) is 17.2 Å². The van der Waals surface area contributed by atoms with Crippen molar-refractivity contribution in [1.29, 1.82) is 0 Å². The number of aliphatic carboxylic acids is 1. The Morgan fingerprint density at radius 1 is 0.972 bits per heavy atom. The Kier molecular flexibility index (Phi) is 12.1. The summed E-state index contributed by atoms with van der Waals surface area (Å²) < 4.78 is 42.4. The summed E-state index contributed by atoms with van der Waals surface area (Å²) in [7, 11) is -1.35. The van der Waals surface area contributed by atoms with E-state index in [2.05, 4.69) is 25.0 Å². The van der Waals surface area contributed by atoms with Crippen molar-refractivity contribution in [1.82, 2.24) is 5.32 Å². The van der Waals surface area contributed by atoms with Crippen LogP contribution in [0.4, 0.5) is 18.0 Å².